The molecule has 21 heavy (non-hydrogen) atoms. The molecule has 0 bridgehead atoms. The predicted molar refractivity (Wildman–Crippen MR) is 80.2 cm³/mol. The van der Waals surface area contributed by atoms with Crippen LogP contribution in [-0.4, -0.2) is 15.8 Å². The maximum atomic E-state index is 12.2. The van der Waals surface area contributed by atoms with E-state index in [1.54, 1.807) is 0 Å². The Balaban J connectivity index is 1.86. The lowest BCUT2D eigenvalue weighted by Crippen LogP contribution is -2.13. The largest absolute Gasteiger partial charge is 0.298 e. The second kappa shape index (κ2) is 5.42. The highest BCUT2D eigenvalue weighted by Gasteiger charge is 2.23. The molecular formula is C13H10ClN3O3S. The zero-order chi connectivity index (χ0) is 15.0. The number of halogens is 1. The quantitative estimate of drug-likeness (QED) is 0.692. The minimum atomic E-state index is -0.622. The first-order valence-corrected chi connectivity index (χ1v) is 7.48. The first kappa shape index (κ1) is 14.0. The van der Waals surface area contributed by atoms with E-state index in [1.165, 1.54) is 28.3 Å². The van der Waals surface area contributed by atoms with Gasteiger partial charge in [0.15, 0.2) is 5.13 Å². The van der Waals surface area contributed by atoms with Crippen LogP contribution in [0.15, 0.2) is 18.2 Å². The van der Waals surface area contributed by atoms with E-state index in [1.807, 2.05) is 0 Å². The molecule has 1 heterocycles. The molecule has 8 heteroatoms. The molecule has 0 unspecified atom stereocenters. The number of rotatable bonds is 3. The third kappa shape index (κ3) is 2.74. The molecule has 0 atom stereocenters. The van der Waals surface area contributed by atoms with E-state index in [9.17, 15) is 14.9 Å². The van der Waals surface area contributed by atoms with E-state index < -0.39 is 10.8 Å². The Morgan fingerprint density at radius 2 is 2.24 bits per heavy atom. The number of nitrogens with zero attached hydrogens (tertiary/aromatic N) is 2. The van der Waals surface area contributed by atoms with Crippen LogP contribution in [0.2, 0.25) is 5.02 Å². The number of aromatic nitrogens is 1. The summed E-state index contributed by atoms with van der Waals surface area (Å²) >= 11 is 7.15. The van der Waals surface area contributed by atoms with Crippen LogP contribution in [0.1, 0.15) is 27.3 Å². The van der Waals surface area contributed by atoms with E-state index in [4.69, 9.17) is 11.6 Å². The normalized spacial score (nSPS) is 13.0. The van der Waals surface area contributed by atoms with Crippen molar-refractivity contribution in [2.45, 2.75) is 19.3 Å². The van der Waals surface area contributed by atoms with Crippen LogP contribution in [0.4, 0.5) is 10.8 Å². The highest BCUT2D eigenvalue weighted by atomic mass is 35.5. The molecule has 1 N–H and O–H groups in total. The van der Waals surface area contributed by atoms with Gasteiger partial charge in [-0.25, -0.2) is 4.98 Å². The van der Waals surface area contributed by atoms with Gasteiger partial charge in [0.2, 0.25) is 0 Å². The van der Waals surface area contributed by atoms with Gasteiger partial charge in [0, 0.05) is 16.0 Å². The predicted octanol–water partition coefficient (Wildman–Crippen LogP) is 3.45. The molecule has 0 aliphatic heterocycles. The molecule has 2 aromatic rings. The molecule has 0 spiro atoms. The Labute approximate surface area is 128 Å². The molecule has 0 radical (unpaired) electrons. The highest BCUT2D eigenvalue weighted by molar-refractivity contribution is 7.16. The van der Waals surface area contributed by atoms with Crippen molar-refractivity contribution in [3.63, 3.8) is 0 Å². The lowest BCUT2D eigenvalue weighted by molar-refractivity contribution is -0.385. The third-order valence-corrected chi connectivity index (χ3v) is 4.53. The Hall–Kier alpha value is -1.99. The molecule has 3 rings (SSSR count). The summed E-state index contributed by atoms with van der Waals surface area (Å²) in [5.74, 6) is -0.550. The molecule has 1 amide bonds. The maximum absolute atomic E-state index is 12.2. The number of amides is 1. The van der Waals surface area contributed by atoms with Gasteiger partial charge in [0.25, 0.3) is 11.6 Å². The number of nitro groups is 1. The minimum Gasteiger partial charge on any atom is -0.298 e. The van der Waals surface area contributed by atoms with Crippen molar-refractivity contribution in [3.8, 4) is 0 Å². The first-order chi connectivity index (χ1) is 10.0. The fraction of sp³-hybridized carbons (Fsp3) is 0.231. The molecule has 6 nitrogen and oxygen atoms in total. The van der Waals surface area contributed by atoms with Crippen LogP contribution in [-0.2, 0) is 12.8 Å². The van der Waals surface area contributed by atoms with Crippen LogP contribution >= 0.6 is 22.9 Å². The van der Waals surface area contributed by atoms with Crippen LogP contribution in [0.25, 0.3) is 0 Å². The summed E-state index contributed by atoms with van der Waals surface area (Å²) in [4.78, 5) is 28.1. The topological polar surface area (TPSA) is 85.1 Å². The number of benzene rings is 1. The summed E-state index contributed by atoms with van der Waals surface area (Å²) in [6.45, 7) is 0. The second-order valence-corrected chi connectivity index (χ2v) is 6.14. The lowest BCUT2D eigenvalue weighted by Gasteiger charge is -2.03. The summed E-state index contributed by atoms with van der Waals surface area (Å²) in [5, 5.41) is 14.3. The number of carbonyl (C=O) groups excluding carboxylic acids is 1. The monoisotopic (exact) mass is 323 g/mol. The molecule has 1 aromatic heterocycles. The summed E-state index contributed by atoms with van der Waals surface area (Å²) in [5.41, 5.74) is 0.671. The van der Waals surface area contributed by atoms with E-state index in [0.29, 0.717) is 5.13 Å². The van der Waals surface area contributed by atoms with E-state index in [2.05, 4.69) is 10.3 Å². The molecule has 1 aliphatic carbocycles. The molecule has 0 saturated carbocycles. The molecule has 1 aromatic carbocycles. The van der Waals surface area contributed by atoms with Crippen LogP contribution in [0.5, 0.6) is 0 Å². The Bertz CT molecular complexity index is 723. The maximum Gasteiger partial charge on any atom is 0.283 e. The number of aryl methyl sites for hydroxylation is 2. The molecule has 0 saturated heterocycles. The summed E-state index contributed by atoms with van der Waals surface area (Å²) in [6.07, 6.45) is 2.98. The number of hydrogen-bond acceptors (Lipinski definition) is 5. The SMILES string of the molecule is O=C(Nc1nc2c(s1)CCC2)c1ccc(Cl)cc1[N+](=O)[O-]. The van der Waals surface area contributed by atoms with Gasteiger partial charge in [-0.2, -0.15) is 0 Å². The Kier molecular flexibility index (Phi) is 3.60. The molecule has 1 aliphatic rings. The number of fused-ring (bicyclic) bond motifs is 1. The zero-order valence-electron chi connectivity index (χ0n) is 10.8. The van der Waals surface area contributed by atoms with Gasteiger partial charge in [-0.05, 0) is 31.4 Å². The van der Waals surface area contributed by atoms with Crippen molar-refractivity contribution < 1.29 is 9.72 Å². The van der Waals surface area contributed by atoms with E-state index >= 15 is 0 Å². The van der Waals surface area contributed by atoms with Crippen molar-refractivity contribution in [1.29, 1.82) is 0 Å². The summed E-state index contributed by atoms with van der Waals surface area (Å²) < 4.78 is 0. The fourth-order valence-corrected chi connectivity index (χ4v) is 3.47. The average Bonchev–Trinajstić information content (AvgIpc) is 2.99. The Morgan fingerprint density at radius 3 is 2.95 bits per heavy atom. The average molecular weight is 324 g/mol. The third-order valence-electron chi connectivity index (χ3n) is 3.22. The first-order valence-electron chi connectivity index (χ1n) is 6.28. The van der Waals surface area contributed by atoms with Crippen LogP contribution in [0.3, 0.4) is 0 Å². The number of thiazole rings is 1. The van der Waals surface area contributed by atoms with Gasteiger partial charge in [0.1, 0.15) is 5.56 Å². The minimum absolute atomic E-state index is 0.0280. The zero-order valence-corrected chi connectivity index (χ0v) is 12.3. The second-order valence-electron chi connectivity index (χ2n) is 4.62. The molecule has 108 valence electrons. The van der Waals surface area contributed by atoms with Crippen LogP contribution in [0, 0.1) is 10.1 Å². The fourth-order valence-electron chi connectivity index (χ4n) is 2.26. The number of nitro benzene ring substituents is 1. The number of nitrogens with one attached hydrogen (secondary N) is 1. The van der Waals surface area contributed by atoms with E-state index in [-0.39, 0.29) is 16.3 Å². The van der Waals surface area contributed by atoms with Crippen molar-refractivity contribution in [2.24, 2.45) is 0 Å². The standard InChI is InChI=1S/C13H10ClN3O3S/c14-7-4-5-8(10(6-7)17(19)20)12(18)16-13-15-9-2-1-3-11(9)21-13/h4-6H,1-3H2,(H,15,16,18). The van der Waals surface area contributed by atoms with Gasteiger partial charge in [-0.1, -0.05) is 11.6 Å². The van der Waals surface area contributed by atoms with Gasteiger partial charge >= 0.3 is 0 Å². The van der Waals surface area contributed by atoms with Crippen molar-refractivity contribution in [2.75, 3.05) is 5.32 Å². The van der Waals surface area contributed by atoms with Gasteiger partial charge in [0.05, 0.1) is 10.6 Å². The van der Waals surface area contributed by atoms with Gasteiger partial charge < -0.3 is 0 Å². The number of anilines is 1. The van der Waals surface area contributed by atoms with Crippen molar-refractivity contribution in [1.82, 2.24) is 4.98 Å². The van der Waals surface area contributed by atoms with Gasteiger partial charge in [-0.15, -0.1) is 11.3 Å². The number of carbonyl (C=O) groups is 1. The number of hydrogen-bond donors (Lipinski definition) is 1. The van der Waals surface area contributed by atoms with Crippen molar-refractivity contribution in [3.05, 3.63) is 49.5 Å². The van der Waals surface area contributed by atoms with Crippen LogP contribution < -0.4 is 5.32 Å². The lowest BCUT2D eigenvalue weighted by atomic mass is 10.1. The smallest absolute Gasteiger partial charge is 0.283 e. The molecule has 0 fully saturated rings. The summed E-state index contributed by atoms with van der Waals surface area (Å²) in [7, 11) is 0. The molecular weight excluding hydrogens is 314 g/mol. The summed E-state index contributed by atoms with van der Waals surface area (Å²) in [6, 6.07) is 3.96. The van der Waals surface area contributed by atoms with Crippen molar-refractivity contribution >= 4 is 39.7 Å². The highest BCUT2D eigenvalue weighted by Crippen LogP contribution is 2.31. The van der Waals surface area contributed by atoms with E-state index in [0.717, 1.165) is 31.0 Å². The Morgan fingerprint density at radius 1 is 1.43 bits per heavy atom. The van der Waals surface area contributed by atoms with Gasteiger partial charge in [-0.3, -0.25) is 20.2 Å².